The molecule has 5 fully saturated rings. The summed E-state index contributed by atoms with van der Waals surface area (Å²) in [6.45, 7) is 6.50. The van der Waals surface area contributed by atoms with Crippen LogP contribution < -0.4 is 0 Å². The van der Waals surface area contributed by atoms with Crippen LogP contribution in [0.4, 0.5) is 0 Å². The van der Waals surface area contributed by atoms with Gasteiger partial charge in [-0.15, -0.1) is 0 Å². The molecule has 0 radical (unpaired) electrons. The van der Waals surface area contributed by atoms with Crippen LogP contribution in [-0.4, -0.2) is 23.8 Å². The Balaban J connectivity index is 1.37. The highest BCUT2D eigenvalue weighted by Crippen LogP contribution is 2.69. The van der Waals surface area contributed by atoms with E-state index in [-0.39, 0.29) is 29.2 Å². The van der Waals surface area contributed by atoms with Crippen molar-refractivity contribution in [2.45, 2.75) is 96.4 Å². The van der Waals surface area contributed by atoms with Gasteiger partial charge < -0.3 is 9.47 Å². The first-order valence-corrected chi connectivity index (χ1v) is 11.1. The topological polar surface area (TPSA) is 62.6 Å². The van der Waals surface area contributed by atoms with Crippen LogP contribution in [0.3, 0.4) is 0 Å². The zero-order valence-electron chi connectivity index (χ0n) is 17.0. The number of epoxide rings is 1. The van der Waals surface area contributed by atoms with Crippen molar-refractivity contribution >= 4 is 5.97 Å². The fourth-order valence-corrected chi connectivity index (χ4v) is 8.30. The van der Waals surface area contributed by atoms with Crippen LogP contribution in [0.1, 0.15) is 78.6 Å². The molecule has 0 N–H and O–H groups in total. The lowest BCUT2D eigenvalue weighted by atomic mass is 9.44. The van der Waals surface area contributed by atoms with Crippen LogP contribution >= 0.6 is 0 Å². The first-order valence-electron chi connectivity index (χ1n) is 11.1. The van der Waals surface area contributed by atoms with Gasteiger partial charge in [-0.05, 0) is 86.9 Å². The Kier molecular flexibility index (Phi) is 3.81. The highest BCUT2D eigenvalue weighted by molar-refractivity contribution is 5.66. The highest BCUT2D eigenvalue weighted by atomic mass is 16.6. The molecule has 4 nitrogen and oxygen atoms in total. The van der Waals surface area contributed by atoms with Crippen LogP contribution in [0.15, 0.2) is 0 Å². The summed E-state index contributed by atoms with van der Waals surface area (Å²) in [5, 5.41) is 9.28. The van der Waals surface area contributed by atoms with Gasteiger partial charge >= 0.3 is 5.97 Å². The summed E-state index contributed by atoms with van der Waals surface area (Å²) in [6.07, 6.45) is 10.7. The van der Waals surface area contributed by atoms with Crippen LogP contribution in [-0.2, 0) is 14.3 Å². The molecule has 0 aromatic carbocycles. The highest BCUT2D eigenvalue weighted by Gasteiger charge is 2.66. The van der Waals surface area contributed by atoms with Gasteiger partial charge in [0.15, 0.2) is 6.10 Å². The normalized spacial score (nSPS) is 55.8. The van der Waals surface area contributed by atoms with Crippen molar-refractivity contribution in [2.75, 3.05) is 0 Å². The van der Waals surface area contributed by atoms with Crippen molar-refractivity contribution in [1.29, 1.82) is 5.26 Å². The van der Waals surface area contributed by atoms with E-state index in [1.54, 1.807) is 6.92 Å². The predicted molar refractivity (Wildman–Crippen MR) is 100 cm³/mol. The second kappa shape index (κ2) is 5.72. The second-order valence-corrected chi connectivity index (χ2v) is 10.8. The van der Waals surface area contributed by atoms with Gasteiger partial charge in [-0.25, -0.2) is 0 Å². The van der Waals surface area contributed by atoms with Gasteiger partial charge in [-0.3, -0.25) is 4.79 Å². The molecule has 5 aliphatic rings. The number of rotatable bonds is 1. The zero-order valence-corrected chi connectivity index (χ0v) is 17.0. The van der Waals surface area contributed by atoms with Gasteiger partial charge in [-0.1, -0.05) is 13.8 Å². The summed E-state index contributed by atoms with van der Waals surface area (Å²) in [5.74, 6) is 2.88. The maximum Gasteiger partial charge on any atom is 0.302 e. The molecule has 5 rings (SSSR count). The van der Waals surface area contributed by atoms with E-state index < -0.39 is 0 Å². The molecule has 1 heterocycles. The van der Waals surface area contributed by atoms with E-state index in [1.165, 1.54) is 38.5 Å². The molecule has 0 aromatic rings. The average molecular weight is 372 g/mol. The van der Waals surface area contributed by atoms with Gasteiger partial charge in [0.05, 0.1) is 6.07 Å². The number of hydrogen-bond donors (Lipinski definition) is 0. The summed E-state index contributed by atoms with van der Waals surface area (Å²) in [6, 6.07) is 2.36. The Morgan fingerprint density at radius 2 is 1.81 bits per heavy atom. The first kappa shape index (κ1) is 18.0. The molecular formula is C23H33NO3. The van der Waals surface area contributed by atoms with E-state index >= 15 is 0 Å². The third-order valence-electron chi connectivity index (χ3n) is 9.86. The van der Waals surface area contributed by atoms with Crippen molar-refractivity contribution in [3.8, 4) is 6.07 Å². The maximum atomic E-state index is 11.6. The molecule has 1 saturated heterocycles. The van der Waals surface area contributed by atoms with Gasteiger partial charge in [0.25, 0.3) is 0 Å². The minimum absolute atomic E-state index is 0.0945. The molecule has 4 heteroatoms. The van der Waals surface area contributed by atoms with Crippen LogP contribution in [0.25, 0.3) is 0 Å². The van der Waals surface area contributed by atoms with Crippen molar-refractivity contribution in [1.82, 2.24) is 0 Å². The van der Waals surface area contributed by atoms with E-state index in [1.807, 2.05) is 0 Å². The predicted octanol–water partition coefficient (Wildman–Crippen LogP) is 4.62. The Labute approximate surface area is 163 Å². The van der Waals surface area contributed by atoms with E-state index in [2.05, 4.69) is 19.9 Å². The molecule has 0 aromatic heterocycles. The summed E-state index contributed by atoms with van der Waals surface area (Å²) in [7, 11) is 0. The monoisotopic (exact) mass is 371 g/mol. The number of carbonyl (C=O) groups is 1. The molecule has 9 atom stereocenters. The van der Waals surface area contributed by atoms with Crippen molar-refractivity contribution < 1.29 is 14.3 Å². The minimum Gasteiger partial charge on any atom is -0.462 e. The van der Waals surface area contributed by atoms with Crippen molar-refractivity contribution in [3.05, 3.63) is 0 Å². The van der Waals surface area contributed by atoms with Crippen LogP contribution in [0, 0.1) is 45.8 Å². The van der Waals surface area contributed by atoms with Crippen molar-refractivity contribution in [2.24, 2.45) is 34.5 Å². The summed E-state index contributed by atoms with van der Waals surface area (Å²) in [5.41, 5.74) is 0.487. The molecule has 4 aliphatic carbocycles. The fraction of sp³-hybridized carbons (Fsp3) is 0.913. The fourth-order valence-electron chi connectivity index (χ4n) is 8.30. The molecule has 148 valence electrons. The molecule has 27 heavy (non-hydrogen) atoms. The Morgan fingerprint density at radius 3 is 2.52 bits per heavy atom. The third-order valence-corrected chi connectivity index (χ3v) is 9.86. The van der Waals surface area contributed by atoms with E-state index in [9.17, 15) is 10.1 Å². The van der Waals surface area contributed by atoms with Gasteiger partial charge in [0.1, 0.15) is 11.7 Å². The van der Waals surface area contributed by atoms with Gasteiger partial charge in [0, 0.05) is 12.3 Å². The molecule has 0 amide bonds. The molecule has 4 unspecified atom stereocenters. The summed E-state index contributed by atoms with van der Waals surface area (Å²) in [4.78, 5) is 11.6. The molecule has 1 spiro atoms. The Bertz CT molecular complexity index is 700. The van der Waals surface area contributed by atoms with Gasteiger partial charge in [0.2, 0.25) is 0 Å². The average Bonchev–Trinajstić information content (AvgIpc) is 3.21. The quantitative estimate of drug-likeness (QED) is 0.498. The minimum atomic E-state index is -0.145. The van der Waals surface area contributed by atoms with E-state index in [4.69, 9.17) is 9.47 Å². The van der Waals surface area contributed by atoms with Crippen molar-refractivity contribution in [3.63, 3.8) is 0 Å². The summed E-state index contributed by atoms with van der Waals surface area (Å²) >= 11 is 0. The number of esters is 1. The second-order valence-electron chi connectivity index (χ2n) is 10.8. The molecule has 1 aliphatic heterocycles. The summed E-state index contributed by atoms with van der Waals surface area (Å²) < 4.78 is 11.6. The molecule has 0 bridgehead atoms. The SMILES string of the molecule is CC(=O)OC1CC[C@H]2[C@@H]3CCC4CC5(CC[C@]4(C)[C@@H]3CC[C@]12C)OC5C#N. The lowest BCUT2D eigenvalue weighted by molar-refractivity contribution is -0.162. The largest absolute Gasteiger partial charge is 0.462 e. The number of fused-ring (bicyclic) bond motifs is 5. The Hall–Kier alpha value is -1.08. The van der Waals surface area contributed by atoms with E-state index in [0.29, 0.717) is 17.3 Å². The first-order chi connectivity index (χ1) is 12.8. The lowest BCUT2D eigenvalue weighted by Crippen LogP contribution is -2.55. The van der Waals surface area contributed by atoms with Crippen LogP contribution in [0.5, 0.6) is 0 Å². The van der Waals surface area contributed by atoms with Gasteiger partial charge in [-0.2, -0.15) is 5.26 Å². The zero-order chi connectivity index (χ0) is 19.0. The number of ether oxygens (including phenoxy) is 2. The molecule has 4 saturated carbocycles. The smallest absolute Gasteiger partial charge is 0.302 e. The maximum absolute atomic E-state index is 11.6. The third kappa shape index (κ3) is 2.40. The number of hydrogen-bond acceptors (Lipinski definition) is 4. The number of carbonyl (C=O) groups excluding carboxylic acids is 1. The van der Waals surface area contributed by atoms with E-state index in [0.717, 1.165) is 31.1 Å². The molecular weight excluding hydrogens is 338 g/mol. The standard InChI is InChI=1S/C23H33NO3/c1-14(25)26-19-7-6-17-16-5-4-15-12-23(20(13-24)27-23)11-10-21(15,2)18(16)8-9-22(17,19)3/h15-20H,4-12H2,1-3H3/t15?,16-,17-,18+,19?,20?,21-,22-,23?/m0/s1. The number of nitriles is 1. The number of nitrogens with zero attached hydrogens (tertiary/aromatic N) is 1. The lowest BCUT2D eigenvalue weighted by Gasteiger charge is -2.60. The Morgan fingerprint density at radius 1 is 1.04 bits per heavy atom. The van der Waals surface area contributed by atoms with Crippen LogP contribution in [0.2, 0.25) is 0 Å².